The summed E-state index contributed by atoms with van der Waals surface area (Å²) in [5.74, 6) is -0.751. The lowest BCUT2D eigenvalue weighted by Gasteiger charge is -2.39. The molecule has 1 aliphatic carbocycles. The van der Waals surface area contributed by atoms with Crippen LogP contribution >= 0.6 is 22.1 Å². The van der Waals surface area contributed by atoms with Gasteiger partial charge in [-0.05, 0) is 36.1 Å². The lowest BCUT2D eigenvalue weighted by atomic mass is 9.65. The van der Waals surface area contributed by atoms with Gasteiger partial charge >= 0.3 is 0 Å². The molecule has 1 aromatic carbocycles. The van der Waals surface area contributed by atoms with Crippen LogP contribution in [0.1, 0.15) is 57.2 Å². The van der Waals surface area contributed by atoms with Crippen molar-refractivity contribution in [2.24, 2.45) is 9.81 Å². The van der Waals surface area contributed by atoms with Crippen LogP contribution in [0.15, 0.2) is 44.5 Å². The monoisotopic (exact) mass is 553 g/mol. The van der Waals surface area contributed by atoms with E-state index in [0.29, 0.717) is 22.5 Å². The second kappa shape index (κ2) is 8.96. The van der Waals surface area contributed by atoms with Gasteiger partial charge in [0.25, 0.3) is 0 Å². The number of ketones is 1. The predicted molar refractivity (Wildman–Crippen MR) is 145 cm³/mol. The molecule has 0 radical (unpaired) electrons. The van der Waals surface area contributed by atoms with Gasteiger partial charge in [-0.15, -0.1) is 15.7 Å². The molecule has 0 saturated heterocycles. The number of amidine groups is 1. The van der Waals surface area contributed by atoms with E-state index in [2.05, 4.69) is 35.2 Å². The van der Waals surface area contributed by atoms with Crippen molar-refractivity contribution in [2.45, 2.75) is 57.4 Å². The maximum absolute atomic E-state index is 14.0. The number of anilines is 1. The zero-order valence-electron chi connectivity index (χ0n) is 20.7. The fourth-order valence-corrected chi connectivity index (χ4v) is 7.51. The number of Topliss-reactive ketones (excluding diaryl/α,β-unsaturated/α-hetero) is 1. The number of rotatable bonds is 6. The van der Waals surface area contributed by atoms with Gasteiger partial charge in [0.1, 0.15) is 21.2 Å². The van der Waals surface area contributed by atoms with E-state index in [1.807, 2.05) is 19.1 Å². The predicted octanol–water partition coefficient (Wildman–Crippen LogP) is 5.28. The number of nitrogens with one attached hydrogen (secondary N) is 2. The van der Waals surface area contributed by atoms with Gasteiger partial charge in [0.2, 0.25) is 10.0 Å². The Morgan fingerprint density at radius 1 is 1.22 bits per heavy atom. The van der Waals surface area contributed by atoms with Gasteiger partial charge in [0.05, 0.1) is 11.7 Å². The smallest absolute Gasteiger partial charge is 0.209 e. The van der Waals surface area contributed by atoms with Crippen LogP contribution in [0.2, 0.25) is 0 Å². The maximum Gasteiger partial charge on any atom is 0.209 e. The summed E-state index contributed by atoms with van der Waals surface area (Å²) in [6, 6.07) is 7.18. The molecule has 2 aromatic rings. The van der Waals surface area contributed by atoms with E-state index in [9.17, 15) is 27.4 Å². The largest absolute Gasteiger partial charge is 0.506 e. The van der Waals surface area contributed by atoms with E-state index in [4.69, 9.17) is 0 Å². The summed E-state index contributed by atoms with van der Waals surface area (Å²) in [6.45, 7) is 8.00. The quantitative estimate of drug-likeness (QED) is 0.327. The highest BCUT2D eigenvalue weighted by Crippen LogP contribution is 2.59. The third-order valence-corrected chi connectivity index (χ3v) is 9.61. The zero-order valence-corrected chi connectivity index (χ0v) is 23.2. The Labute approximate surface area is 216 Å². The third kappa shape index (κ3) is 4.98. The highest BCUT2D eigenvalue weighted by Gasteiger charge is 2.47. The van der Waals surface area contributed by atoms with E-state index < -0.39 is 26.2 Å². The van der Waals surface area contributed by atoms with Crippen LogP contribution in [-0.2, 0) is 26.8 Å². The summed E-state index contributed by atoms with van der Waals surface area (Å²) < 4.78 is 51.4. The molecular weight excluding hydrogens is 522 g/mol. The van der Waals surface area contributed by atoms with Crippen molar-refractivity contribution in [3.05, 3.63) is 51.9 Å². The Kier molecular flexibility index (Phi) is 6.68. The lowest BCUT2D eigenvalue weighted by Crippen LogP contribution is -2.42. The number of carbonyl (C=O) groups is 1. The first-order chi connectivity index (χ1) is 16.5. The molecule has 0 saturated carbocycles. The third-order valence-electron chi connectivity index (χ3n) is 6.42. The molecule has 0 amide bonds. The molecule has 0 bridgehead atoms. The molecule has 12 heteroatoms. The average Bonchev–Trinajstić information content (AvgIpc) is 3.18. The standard InChI is InChI=1S/C24H31N3O6S3/c1-23(2,3)10-11-24(4)16-9-7-6-8-15(16)18(28)17(20(24)29)21-26-22-19(36(32,33)27-21)14(13-34-22)12-25-35(5,30)31/h6-9,13,25,28,32-33H,10-12H2,1-5H3,(H,26,27)/t24-/m1/s1. The number of sulfonamides is 1. The van der Waals surface area contributed by atoms with E-state index in [-0.39, 0.29) is 39.8 Å². The fraction of sp³-hybridized carbons (Fsp3) is 0.417. The number of benzene rings is 1. The topological polar surface area (TPSA) is 148 Å². The van der Waals surface area contributed by atoms with Crippen molar-refractivity contribution < 1.29 is 27.4 Å². The summed E-state index contributed by atoms with van der Waals surface area (Å²) >= 11 is 1.13. The van der Waals surface area contributed by atoms with Crippen LogP contribution in [0, 0.1) is 5.41 Å². The summed E-state index contributed by atoms with van der Waals surface area (Å²) in [7, 11) is -7.29. The van der Waals surface area contributed by atoms with Crippen LogP contribution in [0.4, 0.5) is 5.00 Å². The Hall–Kier alpha value is -2.22. The molecule has 36 heavy (non-hydrogen) atoms. The van der Waals surface area contributed by atoms with Crippen molar-refractivity contribution in [3.63, 3.8) is 0 Å². The zero-order chi connectivity index (χ0) is 26.7. The van der Waals surface area contributed by atoms with Crippen molar-refractivity contribution in [1.82, 2.24) is 4.72 Å². The Morgan fingerprint density at radius 3 is 2.53 bits per heavy atom. The number of nitrogens with zero attached hydrogens (tertiary/aromatic N) is 1. The molecule has 2 heterocycles. The van der Waals surface area contributed by atoms with E-state index in [1.165, 1.54) is 0 Å². The van der Waals surface area contributed by atoms with Crippen LogP contribution in [0.3, 0.4) is 0 Å². The second-order valence-corrected chi connectivity index (χ2v) is 14.9. The van der Waals surface area contributed by atoms with E-state index in [1.54, 1.807) is 17.5 Å². The van der Waals surface area contributed by atoms with Crippen molar-refractivity contribution in [3.8, 4) is 0 Å². The highest BCUT2D eigenvalue weighted by molar-refractivity contribution is 8.23. The Balaban J connectivity index is 1.79. The normalized spacial score (nSPS) is 22.4. The molecule has 9 nitrogen and oxygen atoms in total. The number of hydrogen-bond donors (Lipinski definition) is 5. The molecule has 4 rings (SSSR count). The summed E-state index contributed by atoms with van der Waals surface area (Å²) in [5.41, 5.74) is 0.497. The van der Waals surface area contributed by atoms with Gasteiger partial charge in [0.15, 0.2) is 11.6 Å². The first-order valence-electron chi connectivity index (χ1n) is 11.3. The number of hydrogen-bond acceptors (Lipinski definition) is 9. The van der Waals surface area contributed by atoms with Gasteiger partial charge in [-0.25, -0.2) is 13.1 Å². The van der Waals surface area contributed by atoms with Gasteiger partial charge in [-0.2, -0.15) is 0 Å². The first-order valence-corrected chi connectivity index (χ1v) is 15.6. The van der Waals surface area contributed by atoms with Gasteiger partial charge in [-0.1, -0.05) is 55.8 Å². The van der Waals surface area contributed by atoms with E-state index >= 15 is 0 Å². The van der Waals surface area contributed by atoms with Gasteiger partial charge in [0, 0.05) is 17.7 Å². The summed E-state index contributed by atoms with van der Waals surface area (Å²) in [5, 5.41) is 16.1. The van der Waals surface area contributed by atoms with Gasteiger partial charge < -0.3 is 10.4 Å². The van der Waals surface area contributed by atoms with Crippen molar-refractivity contribution in [2.75, 3.05) is 11.6 Å². The fourth-order valence-electron chi connectivity index (χ4n) is 4.42. The van der Waals surface area contributed by atoms with Crippen LogP contribution in [0.25, 0.3) is 5.76 Å². The van der Waals surface area contributed by atoms with Crippen molar-refractivity contribution >= 4 is 54.5 Å². The average molecular weight is 554 g/mol. The second-order valence-electron chi connectivity index (χ2n) is 10.6. The molecular formula is C24H31N3O6S3. The molecule has 2 aliphatic rings. The highest BCUT2D eigenvalue weighted by atomic mass is 32.3. The number of aliphatic hydroxyl groups is 1. The molecule has 1 aliphatic heterocycles. The van der Waals surface area contributed by atoms with Crippen LogP contribution in [0.5, 0.6) is 0 Å². The minimum atomic E-state index is -3.79. The molecule has 0 unspecified atom stereocenters. The number of aliphatic hydroxyl groups excluding tert-OH is 1. The minimum absolute atomic E-state index is 0.0278. The number of fused-ring (bicyclic) bond motifs is 2. The maximum atomic E-state index is 14.0. The minimum Gasteiger partial charge on any atom is -0.506 e. The summed E-state index contributed by atoms with van der Waals surface area (Å²) in [6.07, 6.45) is 2.29. The lowest BCUT2D eigenvalue weighted by molar-refractivity contribution is -0.120. The van der Waals surface area contributed by atoms with Crippen LogP contribution < -0.4 is 10.0 Å². The molecule has 0 spiro atoms. The van der Waals surface area contributed by atoms with E-state index in [0.717, 1.165) is 29.6 Å². The molecule has 1 atom stereocenters. The Bertz CT molecular complexity index is 1400. The SMILES string of the molecule is CC(C)(C)CC[C@@]1(C)C(=O)C(C2=NS(O)(O)c3c(CNS(C)(=O)=O)csc3N2)=C(O)c2ccccc21. The molecule has 196 valence electrons. The summed E-state index contributed by atoms with van der Waals surface area (Å²) in [4.78, 5) is 14.1. The molecule has 5 N–H and O–H groups in total. The molecule has 0 fully saturated rings. The first kappa shape index (κ1) is 26.8. The van der Waals surface area contributed by atoms with Crippen molar-refractivity contribution in [1.29, 1.82) is 0 Å². The number of carbonyl (C=O) groups excluding carboxylic acids is 1. The Morgan fingerprint density at radius 2 is 1.89 bits per heavy atom. The van der Waals surface area contributed by atoms with Crippen LogP contribution in [-0.4, -0.2) is 40.5 Å². The molecule has 1 aromatic heterocycles. The number of thiophene rings is 1. The van der Waals surface area contributed by atoms with Gasteiger partial charge in [-0.3, -0.25) is 13.9 Å².